The van der Waals surface area contributed by atoms with E-state index in [2.05, 4.69) is 26.1 Å². The second-order valence-corrected chi connectivity index (χ2v) is 8.14. The second kappa shape index (κ2) is 8.43. The van der Waals surface area contributed by atoms with E-state index < -0.39 is 0 Å². The Morgan fingerprint density at radius 1 is 1.06 bits per heavy atom. The molecule has 0 N–H and O–H groups in total. The van der Waals surface area contributed by atoms with Crippen LogP contribution in [0.2, 0.25) is 0 Å². The highest BCUT2D eigenvalue weighted by Crippen LogP contribution is 2.33. The van der Waals surface area contributed by atoms with E-state index in [4.69, 9.17) is 13.7 Å². The number of para-hydroxylation sites is 1. The van der Waals surface area contributed by atoms with Gasteiger partial charge < -0.3 is 13.7 Å². The zero-order valence-electron chi connectivity index (χ0n) is 17.0. The van der Waals surface area contributed by atoms with E-state index >= 15 is 0 Å². The van der Waals surface area contributed by atoms with Gasteiger partial charge >= 0.3 is 0 Å². The van der Waals surface area contributed by atoms with Gasteiger partial charge in [0.15, 0.2) is 17.1 Å². The molecule has 0 radical (unpaired) electrons. The summed E-state index contributed by atoms with van der Waals surface area (Å²) < 4.78 is 18.2. The predicted molar refractivity (Wildman–Crippen MR) is 123 cm³/mol. The van der Waals surface area contributed by atoms with Crippen molar-refractivity contribution in [1.82, 2.24) is 10.1 Å². The summed E-state index contributed by atoms with van der Waals surface area (Å²) >= 11 is 3.42. The Morgan fingerprint density at radius 2 is 1.84 bits per heavy atom. The van der Waals surface area contributed by atoms with E-state index in [1.807, 2.05) is 54.6 Å². The molecule has 0 spiro atoms. The van der Waals surface area contributed by atoms with Gasteiger partial charge in [-0.1, -0.05) is 45.4 Å². The Hall–Kier alpha value is -3.71. The first-order valence-electron chi connectivity index (χ1n) is 9.91. The molecule has 0 aliphatic rings. The number of ether oxygens (including phenoxy) is 1. The van der Waals surface area contributed by atoms with E-state index in [-0.39, 0.29) is 11.5 Å². The van der Waals surface area contributed by atoms with Crippen LogP contribution in [0.5, 0.6) is 5.75 Å². The number of benzene rings is 2. The number of nitrogens with zero attached hydrogens (tertiary/aromatic N) is 2. The third-order valence-electron chi connectivity index (χ3n) is 5.08. The van der Waals surface area contributed by atoms with Crippen molar-refractivity contribution in [3.8, 4) is 17.0 Å². The molecule has 2 aromatic carbocycles. The minimum atomic E-state index is -0.294. The van der Waals surface area contributed by atoms with Gasteiger partial charge in [-0.05, 0) is 48.9 Å². The summed E-state index contributed by atoms with van der Waals surface area (Å²) in [6, 6.07) is 18.6. The number of pyridine rings is 1. The van der Waals surface area contributed by atoms with Crippen LogP contribution in [0.3, 0.4) is 0 Å². The first-order valence-corrected chi connectivity index (χ1v) is 10.7. The molecule has 6 nitrogen and oxygen atoms in total. The molecule has 5 rings (SSSR count). The van der Waals surface area contributed by atoms with Gasteiger partial charge in [-0.25, -0.2) is 0 Å². The summed E-state index contributed by atoms with van der Waals surface area (Å²) in [7, 11) is 0. The smallest absolute Gasteiger partial charge is 0.234 e. The molecule has 0 fully saturated rings. The lowest BCUT2D eigenvalue weighted by Crippen LogP contribution is -2.02. The molecule has 0 saturated heterocycles. The number of aromatic nitrogens is 2. The molecule has 0 bridgehead atoms. The average molecular weight is 489 g/mol. The summed E-state index contributed by atoms with van der Waals surface area (Å²) in [4.78, 5) is 17.4. The molecule has 0 saturated carbocycles. The van der Waals surface area contributed by atoms with Crippen LogP contribution in [-0.4, -0.2) is 15.9 Å². The lowest BCUT2D eigenvalue weighted by atomic mass is 10.0. The van der Waals surface area contributed by atoms with Crippen LogP contribution < -0.4 is 4.74 Å². The highest BCUT2D eigenvalue weighted by Gasteiger charge is 2.26. The number of furan rings is 1. The SMILES string of the molecule is Cc1onc(-c2ccc(Br)cc2)c1C(=O)c1cc2cccc(OCc3ccncc3)c2o1. The monoisotopic (exact) mass is 488 g/mol. The number of fused-ring (bicyclic) bond motifs is 1. The molecule has 0 unspecified atom stereocenters. The number of ketones is 1. The van der Waals surface area contributed by atoms with E-state index in [1.165, 1.54) is 0 Å². The van der Waals surface area contributed by atoms with Gasteiger partial charge in [0, 0.05) is 27.8 Å². The molecule has 32 heavy (non-hydrogen) atoms. The molecule has 0 amide bonds. The van der Waals surface area contributed by atoms with Gasteiger partial charge in [-0.3, -0.25) is 9.78 Å². The van der Waals surface area contributed by atoms with Crippen molar-refractivity contribution in [2.45, 2.75) is 13.5 Å². The summed E-state index contributed by atoms with van der Waals surface area (Å²) in [6.45, 7) is 2.08. The van der Waals surface area contributed by atoms with Crippen LogP contribution >= 0.6 is 15.9 Å². The van der Waals surface area contributed by atoms with Crippen LogP contribution in [0.15, 0.2) is 86.5 Å². The third-order valence-corrected chi connectivity index (χ3v) is 5.61. The zero-order chi connectivity index (χ0) is 22.1. The molecule has 0 aliphatic carbocycles. The van der Waals surface area contributed by atoms with Crippen molar-refractivity contribution in [2.75, 3.05) is 0 Å². The largest absolute Gasteiger partial charge is 0.485 e. The quantitative estimate of drug-likeness (QED) is 0.258. The van der Waals surface area contributed by atoms with Gasteiger partial charge in [0.05, 0.1) is 5.56 Å². The zero-order valence-corrected chi connectivity index (χ0v) is 18.6. The van der Waals surface area contributed by atoms with Crippen molar-refractivity contribution in [3.05, 3.63) is 100 Å². The Labute approximate surface area is 192 Å². The maximum atomic E-state index is 13.4. The number of aryl methyl sites for hydroxylation is 1. The van der Waals surface area contributed by atoms with Gasteiger partial charge in [0.2, 0.25) is 5.78 Å². The van der Waals surface area contributed by atoms with Crippen molar-refractivity contribution in [3.63, 3.8) is 0 Å². The van der Waals surface area contributed by atoms with Crippen molar-refractivity contribution in [1.29, 1.82) is 0 Å². The molecule has 7 heteroatoms. The van der Waals surface area contributed by atoms with Gasteiger partial charge in [0.25, 0.3) is 0 Å². The minimum absolute atomic E-state index is 0.199. The molecule has 3 heterocycles. The first-order chi connectivity index (χ1) is 15.6. The number of hydrogen-bond acceptors (Lipinski definition) is 6. The lowest BCUT2D eigenvalue weighted by Gasteiger charge is -2.06. The van der Waals surface area contributed by atoms with Crippen LogP contribution in [-0.2, 0) is 6.61 Å². The van der Waals surface area contributed by atoms with Gasteiger partial charge in [0.1, 0.15) is 18.1 Å². The van der Waals surface area contributed by atoms with Gasteiger partial charge in [-0.15, -0.1) is 0 Å². The number of carbonyl (C=O) groups is 1. The molecular formula is C25H17BrN2O4. The summed E-state index contributed by atoms with van der Waals surface area (Å²) in [5.74, 6) is 0.902. The van der Waals surface area contributed by atoms with Crippen molar-refractivity contribution in [2.24, 2.45) is 0 Å². The van der Waals surface area contributed by atoms with E-state index in [0.717, 1.165) is 21.0 Å². The number of carbonyl (C=O) groups excluding carboxylic acids is 1. The first kappa shape index (κ1) is 20.2. The van der Waals surface area contributed by atoms with E-state index in [0.29, 0.717) is 35.0 Å². The van der Waals surface area contributed by atoms with Crippen LogP contribution in [0.25, 0.3) is 22.2 Å². The van der Waals surface area contributed by atoms with E-state index in [1.54, 1.807) is 25.4 Å². The molecule has 3 aromatic heterocycles. The Bertz CT molecular complexity index is 1410. The molecule has 0 aliphatic heterocycles. The molecule has 0 atom stereocenters. The fourth-order valence-electron chi connectivity index (χ4n) is 3.47. The van der Waals surface area contributed by atoms with E-state index in [9.17, 15) is 4.79 Å². The summed E-state index contributed by atoms with van der Waals surface area (Å²) in [5, 5.41) is 4.89. The predicted octanol–water partition coefficient (Wildman–Crippen LogP) is 6.36. The maximum absolute atomic E-state index is 13.4. The fourth-order valence-corrected chi connectivity index (χ4v) is 3.73. The number of rotatable bonds is 6. The Balaban J connectivity index is 1.49. The van der Waals surface area contributed by atoms with Crippen LogP contribution in [0.1, 0.15) is 27.4 Å². The highest BCUT2D eigenvalue weighted by molar-refractivity contribution is 9.10. The number of halogens is 1. The Morgan fingerprint density at radius 3 is 2.62 bits per heavy atom. The molecule has 158 valence electrons. The topological polar surface area (TPSA) is 78.4 Å². The molecular weight excluding hydrogens is 472 g/mol. The fraction of sp³-hybridized carbons (Fsp3) is 0.0800. The number of hydrogen-bond donors (Lipinski definition) is 0. The lowest BCUT2D eigenvalue weighted by molar-refractivity contribution is 0.101. The average Bonchev–Trinajstić information content (AvgIpc) is 3.42. The highest BCUT2D eigenvalue weighted by atomic mass is 79.9. The Kier molecular flexibility index (Phi) is 5.33. The summed E-state index contributed by atoms with van der Waals surface area (Å²) in [5.41, 5.74) is 3.15. The molecule has 5 aromatic rings. The van der Waals surface area contributed by atoms with Crippen molar-refractivity contribution >= 4 is 32.7 Å². The normalized spacial score (nSPS) is 11.1. The van der Waals surface area contributed by atoms with Gasteiger partial charge in [-0.2, -0.15) is 0 Å². The maximum Gasteiger partial charge on any atom is 0.234 e. The standard InChI is InChI=1S/C25H17BrN2O4/c1-15-22(23(28-32-15)17-5-7-19(26)8-6-17)24(29)21-13-18-3-2-4-20(25(18)31-21)30-14-16-9-11-27-12-10-16/h2-13H,14H2,1H3. The minimum Gasteiger partial charge on any atom is -0.485 e. The van der Waals surface area contributed by atoms with Crippen molar-refractivity contribution < 1.29 is 18.5 Å². The van der Waals surface area contributed by atoms with Crippen LogP contribution in [0.4, 0.5) is 0 Å². The third kappa shape index (κ3) is 3.83. The second-order valence-electron chi connectivity index (χ2n) is 7.23. The van der Waals surface area contributed by atoms with Crippen LogP contribution in [0, 0.1) is 6.92 Å². The summed E-state index contributed by atoms with van der Waals surface area (Å²) in [6.07, 6.45) is 3.43.